The van der Waals surface area contributed by atoms with Crippen LogP contribution in [0.3, 0.4) is 0 Å². The highest BCUT2D eigenvalue weighted by Gasteiger charge is 2.13. The van der Waals surface area contributed by atoms with Crippen LogP contribution in [0.15, 0.2) is 67.0 Å². The maximum Gasteiger partial charge on any atom is 0.182 e. The van der Waals surface area contributed by atoms with Crippen molar-refractivity contribution in [3.63, 3.8) is 0 Å². The third kappa shape index (κ3) is 4.80. The minimum Gasteiger partial charge on any atom is -0.399 e. The van der Waals surface area contributed by atoms with Gasteiger partial charge in [-0.25, -0.2) is 14.2 Å². The Bertz CT molecular complexity index is 1450. The van der Waals surface area contributed by atoms with Crippen molar-refractivity contribution in [2.45, 2.75) is 32.4 Å². The average Bonchev–Trinajstić information content (AvgIpc) is 3.43. The lowest BCUT2D eigenvalue weighted by atomic mass is 10.2. The molecule has 0 saturated carbocycles. The zero-order chi connectivity index (χ0) is 23.7. The fourth-order valence-electron chi connectivity index (χ4n) is 3.76. The van der Waals surface area contributed by atoms with Gasteiger partial charge >= 0.3 is 0 Å². The number of rotatable bonds is 8. The van der Waals surface area contributed by atoms with Crippen molar-refractivity contribution in [3.05, 3.63) is 67.0 Å². The number of nitrogens with two attached hydrogens (primary N) is 1. The van der Waals surface area contributed by atoms with Crippen molar-refractivity contribution in [3.8, 4) is 11.4 Å². The Morgan fingerprint density at radius 1 is 1.03 bits per heavy atom. The molecule has 0 spiro atoms. The van der Waals surface area contributed by atoms with E-state index in [1.54, 1.807) is 0 Å². The number of ether oxygens (including phenoxy) is 1. The third-order valence-corrected chi connectivity index (χ3v) is 7.35. The first-order chi connectivity index (χ1) is 16.4. The molecule has 0 atom stereocenters. The average molecular weight is 472 g/mol. The number of hydrogen-bond donors (Lipinski definition) is 2. The summed E-state index contributed by atoms with van der Waals surface area (Å²) in [7, 11) is -1.10. The van der Waals surface area contributed by atoms with E-state index in [1.165, 1.54) is 0 Å². The predicted molar refractivity (Wildman–Crippen MR) is 140 cm³/mol. The maximum absolute atomic E-state index is 5.97. The van der Waals surface area contributed by atoms with E-state index < -0.39 is 8.07 Å². The molecule has 0 aliphatic rings. The summed E-state index contributed by atoms with van der Waals surface area (Å²) in [4.78, 5) is 4.80. The Balaban J connectivity index is 1.39. The van der Waals surface area contributed by atoms with Crippen LogP contribution in [0.5, 0.6) is 0 Å². The lowest BCUT2D eigenvalue weighted by Crippen LogP contribution is -2.22. The van der Waals surface area contributed by atoms with Crippen LogP contribution in [-0.2, 0) is 11.5 Å². The summed E-state index contributed by atoms with van der Waals surface area (Å²) >= 11 is 0. The highest BCUT2D eigenvalue weighted by atomic mass is 28.3. The van der Waals surface area contributed by atoms with Crippen LogP contribution < -0.4 is 11.1 Å². The van der Waals surface area contributed by atoms with Crippen LogP contribution >= 0.6 is 0 Å². The van der Waals surface area contributed by atoms with Gasteiger partial charge in [-0.05, 0) is 48.5 Å². The van der Waals surface area contributed by atoms with Gasteiger partial charge < -0.3 is 15.8 Å². The Hall–Kier alpha value is -3.69. The minimum absolute atomic E-state index is 0.459. The molecule has 3 heterocycles. The van der Waals surface area contributed by atoms with Crippen LogP contribution in [0.2, 0.25) is 25.7 Å². The second-order valence-electron chi connectivity index (χ2n) is 9.64. The van der Waals surface area contributed by atoms with Crippen LogP contribution in [0.4, 0.5) is 17.2 Å². The molecular weight excluding hydrogens is 442 g/mol. The number of nitrogens with zero attached hydrogens (tertiary/aromatic N) is 5. The first kappa shape index (κ1) is 22.1. The van der Waals surface area contributed by atoms with Gasteiger partial charge in [-0.2, -0.15) is 5.10 Å². The molecule has 0 aliphatic heterocycles. The smallest absolute Gasteiger partial charge is 0.182 e. The predicted octanol–water partition coefficient (Wildman–Crippen LogP) is 5.38. The summed E-state index contributed by atoms with van der Waals surface area (Å²) in [6, 6.07) is 18.8. The molecule has 34 heavy (non-hydrogen) atoms. The quantitative estimate of drug-likeness (QED) is 0.179. The summed E-state index contributed by atoms with van der Waals surface area (Å²) in [5.74, 6) is 1.32. The zero-order valence-corrected chi connectivity index (χ0v) is 20.7. The van der Waals surface area contributed by atoms with Crippen LogP contribution in [-0.4, -0.2) is 39.1 Å². The summed E-state index contributed by atoms with van der Waals surface area (Å²) in [5, 5.41) is 13.7. The number of nitrogens with one attached hydrogen (secondary N) is 1. The largest absolute Gasteiger partial charge is 0.399 e. The molecular formula is C25H29N7OSi. The second kappa shape index (κ2) is 8.92. The van der Waals surface area contributed by atoms with Gasteiger partial charge in [-0.3, -0.25) is 0 Å². The number of aromatic nitrogens is 5. The standard InChI is InChI=1S/C25H29N7OSi/c1-34(2,3)13-12-33-17-32-22-10-9-21(15-19(22)16-27-32)28-25-23-8-5-11-31(23)30-24(29-25)18-6-4-7-20(26)14-18/h4-11,14-16H,12-13,17,26H2,1-3H3,(H,28,29,30). The van der Waals surface area contributed by atoms with E-state index >= 15 is 0 Å². The molecule has 0 aliphatic carbocycles. The number of fused-ring (bicyclic) bond motifs is 2. The SMILES string of the molecule is C[Si](C)(C)CCOCn1ncc2cc(Nc3nc(-c4cccc(N)c4)nn4cccc34)ccc21. The summed E-state index contributed by atoms with van der Waals surface area (Å²) in [5.41, 5.74) is 10.4. The molecule has 3 aromatic heterocycles. The van der Waals surface area contributed by atoms with Gasteiger partial charge in [0, 0.05) is 43.2 Å². The third-order valence-electron chi connectivity index (χ3n) is 5.65. The molecule has 9 heteroatoms. The van der Waals surface area contributed by atoms with Crippen molar-refractivity contribution in [2.24, 2.45) is 0 Å². The Morgan fingerprint density at radius 2 is 1.91 bits per heavy atom. The highest BCUT2D eigenvalue weighted by molar-refractivity contribution is 6.76. The molecule has 174 valence electrons. The summed E-state index contributed by atoms with van der Waals surface area (Å²) in [6.07, 6.45) is 3.78. The highest BCUT2D eigenvalue weighted by Crippen LogP contribution is 2.27. The van der Waals surface area contributed by atoms with Gasteiger partial charge in [0.2, 0.25) is 0 Å². The van der Waals surface area contributed by atoms with Crippen molar-refractivity contribution < 1.29 is 4.74 Å². The molecule has 0 bridgehead atoms. The van der Waals surface area contributed by atoms with Crippen molar-refractivity contribution in [1.82, 2.24) is 24.4 Å². The Kier molecular flexibility index (Phi) is 5.80. The Morgan fingerprint density at radius 3 is 2.74 bits per heavy atom. The molecule has 2 aromatic carbocycles. The van der Waals surface area contributed by atoms with Gasteiger partial charge in [0.15, 0.2) is 11.6 Å². The number of nitrogen functional groups attached to an aromatic ring is 1. The molecule has 8 nitrogen and oxygen atoms in total. The van der Waals surface area contributed by atoms with Gasteiger partial charge in [-0.1, -0.05) is 31.8 Å². The first-order valence-corrected chi connectivity index (χ1v) is 15.1. The molecule has 0 saturated heterocycles. The molecule has 5 rings (SSSR count). The minimum atomic E-state index is -1.10. The van der Waals surface area contributed by atoms with E-state index in [1.807, 2.05) is 64.1 Å². The van der Waals surface area contributed by atoms with E-state index in [0.717, 1.165) is 46.1 Å². The van der Waals surface area contributed by atoms with Crippen molar-refractivity contribution in [1.29, 1.82) is 0 Å². The number of benzene rings is 2. The maximum atomic E-state index is 5.97. The number of anilines is 3. The monoisotopic (exact) mass is 471 g/mol. The molecule has 0 unspecified atom stereocenters. The fraction of sp³-hybridized carbons (Fsp3) is 0.240. The number of hydrogen-bond acceptors (Lipinski definition) is 6. The van der Waals surface area contributed by atoms with Gasteiger partial charge in [0.25, 0.3) is 0 Å². The molecule has 3 N–H and O–H groups in total. The molecule has 0 amide bonds. The van der Waals surface area contributed by atoms with E-state index in [-0.39, 0.29) is 0 Å². The van der Waals surface area contributed by atoms with Gasteiger partial charge in [0.05, 0.1) is 11.7 Å². The fourth-order valence-corrected chi connectivity index (χ4v) is 4.52. The summed E-state index contributed by atoms with van der Waals surface area (Å²) < 4.78 is 9.60. The van der Waals surface area contributed by atoms with Gasteiger partial charge in [-0.15, -0.1) is 5.10 Å². The van der Waals surface area contributed by atoms with E-state index in [9.17, 15) is 0 Å². The van der Waals surface area contributed by atoms with Crippen molar-refractivity contribution >= 4 is 41.7 Å². The molecule has 5 aromatic rings. The lowest BCUT2D eigenvalue weighted by molar-refractivity contribution is 0.0817. The van der Waals surface area contributed by atoms with Crippen molar-refractivity contribution in [2.75, 3.05) is 17.7 Å². The second-order valence-corrected chi connectivity index (χ2v) is 15.3. The lowest BCUT2D eigenvalue weighted by Gasteiger charge is -2.15. The van der Waals surface area contributed by atoms with Crippen LogP contribution in [0.1, 0.15) is 0 Å². The van der Waals surface area contributed by atoms with E-state index in [0.29, 0.717) is 18.2 Å². The first-order valence-electron chi connectivity index (χ1n) is 11.4. The summed E-state index contributed by atoms with van der Waals surface area (Å²) in [6.45, 7) is 8.29. The van der Waals surface area contributed by atoms with E-state index in [2.05, 4.69) is 47.3 Å². The molecule has 0 radical (unpaired) electrons. The Labute approximate surface area is 199 Å². The van der Waals surface area contributed by atoms with E-state index in [4.69, 9.17) is 15.5 Å². The topological polar surface area (TPSA) is 95.3 Å². The zero-order valence-electron chi connectivity index (χ0n) is 19.7. The molecule has 0 fully saturated rings. The van der Waals surface area contributed by atoms with Crippen LogP contribution in [0.25, 0.3) is 27.8 Å². The normalized spacial score (nSPS) is 12.0. The van der Waals surface area contributed by atoms with Gasteiger partial charge in [0.1, 0.15) is 12.2 Å². The van der Waals surface area contributed by atoms with Crippen LogP contribution in [0, 0.1) is 0 Å².